The van der Waals surface area contributed by atoms with E-state index < -0.39 is 17.6 Å². The van der Waals surface area contributed by atoms with Gasteiger partial charge in [-0.3, -0.25) is 9.59 Å². The maximum Gasteiger partial charge on any atom is 0.258 e. The molecule has 2 rings (SSSR count). The summed E-state index contributed by atoms with van der Waals surface area (Å²) in [4.78, 5) is 23.8. The summed E-state index contributed by atoms with van der Waals surface area (Å²) in [7, 11) is 0. The molecule has 0 radical (unpaired) electrons. The minimum atomic E-state index is -0.506. The molecule has 0 aromatic heterocycles. The molecule has 1 heterocycles. The molecule has 2 amide bonds. The average Bonchev–Trinajstić information content (AvgIpc) is 2.53. The van der Waals surface area contributed by atoms with E-state index in [0.29, 0.717) is 10.0 Å². The van der Waals surface area contributed by atoms with Crippen molar-refractivity contribution in [1.29, 1.82) is 0 Å². The van der Waals surface area contributed by atoms with Crippen LogP contribution in [-0.2, 0) is 9.59 Å². The number of imide groups is 1. The number of carbonyl (C=O) groups excluding carboxylic acids is 2. The van der Waals surface area contributed by atoms with Crippen molar-refractivity contribution in [2.45, 2.75) is 6.92 Å². The van der Waals surface area contributed by atoms with Crippen LogP contribution in [0.2, 0.25) is 0 Å². The smallest absolute Gasteiger partial charge is 0.258 e. The van der Waals surface area contributed by atoms with Crippen molar-refractivity contribution >= 4 is 33.4 Å². The number of hydrogen-bond acceptors (Lipinski definition) is 2. The van der Waals surface area contributed by atoms with E-state index in [-0.39, 0.29) is 5.69 Å². The maximum absolute atomic E-state index is 13.4. The molecule has 82 valence electrons. The first-order valence-corrected chi connectivity index (χ1v) is 5.32. The first-order valence-electron chi connectivity index (χ1n) is 4.52. The largest absolute Gasteiger partial charge is 0.269 e. The SMILES string of the molecule is Cc1cc(Br)c(F)cc1N1C(=O)C=CC1=O. The van der Waals surface area contributed by atoms with Crippen molar-refractivity contribution in [3.05, 3.63) is 40.1 Å². The molecule has 0 spiro atoms. The number of anilines is 1. The fourth-order valence-electron chi connectivity index (χ4n) is 1.51. The minimum absolute atomic E-state index is 0.278. The highest BCUT2D eigenvalue weighted by atomic mass is 79.9. The lowest BCUT2D eigenvalue weighted by atomic mass is 10.2. The van der Waals surface area contributed by atoms with Crippen LogP contribution in [0.5, 0.6) is 0 Å². The fourth-order valence-corrected chi connectivity index (χ4v) is 1.97. The minimum Gasteiger partial charge on any atom is -0.269 e. The molecular formula is C11H7BrFNO2. The van der Waals surface area contributed by atoms with Crippen molar-refractivity contribution in [2.75, 3.05) is 4.90 Å². The number of aryl methyl sites for hydroxylation is 1. The summed E-state index contributed by atoms with van der Waals surface area (Å²) < 4.78 is 13.7. The van der Waals surface area contributed by atoms with Crippen LogP contribution in [0.1, 0.15) is 5.56 Å². The van der Waals surface area contributed by atoms with Crippen LogP contribution in [0.25, 0.3) is 0 Å². The Morgan fingerprint density at radius 2 is 1.75 bits per heavy atom. The Kier molecular flexibility index (Phi) is 2.63. The van der Waals surface area contributed by atoms with Crippen LogP contribution in [0.15, 0.2) is 28.8 Å². The standard InChI is InChI=1S/C11H7BrFNO2/c1-6-4-7(12)8(13)5-9(6)14-10(15)2-3-11(14)16/h2-5H,1H3. The summed E-state index contributed by atoms with van der Waals surface area (Å²) in [5, 5.41) is 0. The molecule has 0 bridgehead atoms. The number of halogens is 2. The van der Waals surface area contributed by atoms with Crippen molar-refractivity contribution < 1.29 is 14.0 Å². The zero-order valence-corrected chi connectivity index (χ0v) is 9.92. The molecule has 0 N–H and O–H groups in total. The summed E-state index contributed by atoms with van der Waals surface area (Å²) in [5.41, 5.74) is 0.930. The van der Waals surface area contributed by atoms with Crippen LogP contribution >= 0.6 is 15.9 Å². The van der Waals surface area contributed by atoms with Crippen LogP contribution < -0.4 is 4.90 Å². The molecule has 1 aromatic rings. The first-order chi connectivity index (χ1) is 7.50. The topological polar surface area (TPSA) is 37.4 Å². The van der Waals surface area contributed by atoms with Gasteiger partial charge in [0, 0.05) is 12.2 Å². The first kappa shape index (κ1) is 11.0. The van der Waals surface area contributed by atoms with Crippen LogP contribution in [0.3, 0.4) is 0 Å². The molecule has 0 unspecified atom stereocenters. The third kappa shape index (κ3) is 1.67. The fraction of sp³-hybridized carbons (Fsp3) is 0.0909. The van der Waals surface area contributed by atoms with Gasteiger partial charge in [0.1, 0.15) is 5.82 Å². The van der Waals surface area contributed by atoms with Crippen LogP contribution in [0.4, 0.5) is 10.1 Å². The summed E-state index contributed by atoms with van der Waals surface area (Å²) in [6.45, 7) is 1.71. The highest BCUT2D eigenvalue weighted by Crippen LogP contribution is 2.28. The third-order valence-corrected chi connectivity index (χ3v) is 2.90. The molecule has 0 fully saturated rings. The van der Waals surface area contributed by atoms with Gasteiger partial charge in [-0.05, 0) is 40.5 Å². The molecule has 1 aromatic carbocycles. The van der Waals surface area contributed by atoms with E-state index >= 15 is 0 Å². The Balaban J connectivity index is 2.53. The molecule has 0 saturated heterocycles. The number of carbonyl (C=O) groups is 2. The van der Waals surface area contributed by atoms with Gasteiger partial charge in [0.15, 0.2) is 0 Å². The van der Waals surface area contributed by atoms with E-state index in [2.05, 4.69) is 15.9 Å². The van der Waals surface area contributed by atoms with Gasteiger partial charge in [-0.25, -0.2) is 9.29 Å². The Morgan fingerprint density at radius 1 is 1.19 bits per heavy atom. The number of nitrogens with zero attached hydrogens (tertiary/aromatic N) is 1. The average molecular weight is 284 g/mol. The van der Waals surface area contributed by atoms with Gasteiger partial charge in [0.25, 0.3) is 11.8 Å². The quantitative estimate of drug-likeness (QED) is 0.742. The zero-order valence-electron chi connectivity index (χ0n) is 8.33. The van der Waals surface area contributed by atoms with E-state index in [1.807, 2.05) is 0 Å². The molecule has 3 nitrogen and oxygen atoms in total. The second-order valence-electron chi connectivity index (χ2n) is 3.40. The van der Waals surface area contributed by atoms with Crippen LogP contribution in [0, 0.1) is 12.7 Å². The molecule has 5 heteroatoms. The van der Waals surface area contributed by atoms with E-state index in [1.165, 1.54) is 24.3 Å². The van der Waals surface area contributed by atoms with Crippen molar-refractivity contribution in [2.24, 2.45) is 0 Å². The summed E-state index contributed by atoms with van der Waals surface area (Å²) >= 11 is 3.04. The lowest BCUT2D eigenvalue weighted by molar-refractivity contribution is -0.119. The summed E-state index contributed by atoms with van der Waals surface area (Å²) in [5.74, 6) is -1.40. The number of benzene rings is 1. The lowest BCUT2D eigenvalue weighted by Gasteiger charge is -2.16. The summed E-state index contributed by atoms with van der Waals surface area (Å²) in [6.07, 6.45) is 2.34. The Bertz CT molecular complexity index is 507. The predicted octanol–water partition coefficient (Wildman–Crippen LogP) is 2.33. The normalized spacial score (nSPS) is 15.1. The highest BCUT2D eigenvalue weighted by molar-refractivity contribution is 9.10. The van der Waals surface area contributed by atoms with Crippen molar-refractivity contribution in [3.8, 4) is 0 Å². The van der Waals surface area contributed by atoms with E-state index in [4.69, 9.17) is 0 Å². The molecule has 1 aliphatic rings. The Labute approximate surface area is 99.7 Å². The van der Waals surface area contributed by atoms with E-state index in [9.17, 15) is 14.0 Å². The Morgan fingerprint density at radius 3 is 2.31 bits per heavy atom. The van der Waals surface area contributed by atoms with E-state index in [0.717, 1.165) is 4.90 Å². The van der Waals surface area contributed by atoms with Crippen LogP contribution in [-0.4, -0.2) is 11.8 Å². The van der Waals surface area contributed by atoms with Gasteiger partial charge in [0.05, 0.1) is 10.2 Å². The molecule has 16 heavy (non-hydrogen) atoms. The summed E-state index contributed by atoms with van der Waals surface area (Å²) in [6, 6.07) is 2.70. The lowest BCUT2D eigenvalue weighted by Crippen LogP contribution is -2.30. The predicted molar refractivity (Wildman–Crippen MR) is 60.5 cm³/mol. The zero-order chi connectivity index (χ0) is 11.9. The number of hydrogen-bond donors (Lipinski definition) is 0. The monoisotopic (exact) mass is 283 g/mol. The second-order valence-corrected chi connectivity index (χ2v) is 4.25. The molecule has 0 aliphatic carbocycles. The highest BCUT2D eigenvalue weighted by Gasteiger charge is 2.27. The molecular weight excluding hydrogens is 277 g/mol. The molecule has 1 aliphatic heterocycles. The van der Waals surface area contributed by atoms with Crippen molar-refractivity contribution in [3.63, 3.8) is 0 Å². The van der Waals surface area contributed by atoms with Gasteiger partial charge in [-0.1, -0.05) is 0 Å². The maximum atomic E-state index is 13.4. The number of rotatable bonds is 1. The van der Waals surface area contributed by atoms with Gasteiger partial charge in [-0.2, -0.15) is 0 Å². The second kappa shape index (κ2) is 3.83. The Hall–Kier alpha value is -1.49. The third-order valence-electron chi connectivity index (χ3n) is 2.29. The van der Waals surface area contributed by atoms with Gasteiger partial charge >= 0.3 is 0 Å². The van der Waals surface area contributed by atoms with Crippen molar-refractivity contribution in [1.82, 2.24) is 0 Å². The molecule has 0 saturated carbocycles. The van der Waals surface area contributed by atoms with Gasteiger partial charge < -0.3 is 0 Å². The van der Waals surface area contributed by atoms with Gasteiger partial charge in [0.2, 0.25) is 0 Å². The van der Waals surface area contributed by atoms with Gasteiger partial charge in [-0.15, -0.1) is 0 Å². The van der Waals surface area contributed by atoms with E-state index in [1.54, 1.807) is 6.92 Å². The molecule has 0 atom stereocenters. The number of amides is 2.